The predicted octanol–water partition coefficient (Wildman–Crippen LogP) is 3.73. The van der Waals surface area contributed by atoms with Gasteiger partial charge in [-0.3, -0.25) is 0 Å². The van der Waals surface area contributed by atoms with Crippen molar-refractivity contribution in [3.63, 3.8) is 0 Å². The van der Waals surface area contributed by atoms with Gasteiger partial charge in [-0.2, -0.15) is 0 Å². The number of anilines is 1. The smallest absolute Gasteiger partial charge is 0.180 e. The highest BCUT2D eigenvalue weighted by Crippen LogP contribution is 2.32. The highest BCUT2D eigenvalue weighted by molar-refractivity contribution is 8.01. The summed E-state index contributed by atoms with van der Waals surface area (Å²) in [5.41, 5.74) is 2.81. The van der Waals surface area contributed by atoms with Crippen LogP contribution in [0.3, 0.4) is 0 Å². The summed E-state index contributed by atoms with van der Waals surface area (Å²) in [4.78, 5) is 9.30. The zero-order chi connectivity index (χ0) is 14.5. The summed E-state index contributed by atoms with van der Waals surface area (Å²) < 4.78 is 0.906. The van der Waals surface area contributed by atoms with Crippen LogP contribution in [0.5, 0.6) is 0 Å². The maximum atomic E-state index is 4.67. The molecule has 0 aliphatic rings. The van der Waals surface area contributed by atoms with Gasteiger partial charge in [0, 0.05) is 18.0 Å². The van der Waals surface area contributed by atoms with Gasteiger partial charge in [0.15, 0.2) is 4.34 Å². The molecule has 0 atom stereocenters. The Hall–Kier alpha value is -1.21. The lowest BCUT2D eigenvalue weighted by Crippen LogP contribution is -2.09. The molecule has 2 heterocycles. The molecule has 108 valence electrons. The molecule has 0 aliphatic carbocycles. The molecule has 0 spiro atoms. The summed E-state index contributed by atoms with van der Waals surface area (Å²) in [6, 6.07) is 0. The number of rotatable bonds is 6. The van der Waals surface area contributed by atoms with Gasteiger partial charge in [-0.1, -0.05) is 32.1 Å². The summed E-state index contributed by atoms with van der Waals surface area (Å²) in [7, 11) is 0. The van der Waals surface area contributed by atoms with Crippen molar-refractivity contribution in [3.8, 4) is 0 Å². The van der Waals surface area contributed by atoms with Crippen molar-refractivity contribution in [2.45, 2.75) is 49.4 Å². The van der Waals surface area contributed by atoms with E-state index in [0.717, 1.165) is 39.5 Å². The van der Waals surface area contributed by atoms with Crippen LogP contribution in [0.1, 0.15) is 44.5 Å². The van der Waals surface area contributed by atoms with Gasteiger partial charge < -0.3 is 5.32 Å². The van der Waals surface area contributed by atoms with Crippen LogP contribution in [0.25, 0.3) is 0 Å². The van der Waals surface area contributed by atoms with Crippen molar-refractivity contribution in [2.24, 2.45) is 0 Å². The van der Waals surface area contributed by atoms with Gasteiger partial charge in [0.2, 0.25) is 0 Å². The minimum atomic E-state index is 0.298. The summed E-state index contributed by atoms with van der Waals surface area (Å²) >= 11 is 3.08. The molecule has 2 aromatic rings. The van der Waals surface area contributed by atoms with E-state index < -0.39 is 0 Å². The average molecular weight is 309 g/mol. The van der Waals surface area contributed by atoms with Crippen LogP contribution >= 0.6 is 23.1 Å². The highest BCUT2D eigenvalue weighted by atomic mass is 32.2. The summed E-state index contributed by atoms with van der Waals surface area (Å²) in [5, 5.41) is 12.3. The van der Waals surface area contributed by atoms with Gasteiger partial charge in [0.25, 0.3) is 0 Å². The van der Waals surface area contributed by atoms with E-state index in [1.165, 1.54) is 11.3 Å². The Morgan fingerprint density at radius 1 is 1.35 bits per heavy atom. The second-order valence-electron chi connectivity index (χ2n) is 4.75. The van der Waals surface area contributed by atoms with E-state index in [9.17, 15) is 0 Å². The minimum absolute atomic E-state index is 0.298. The highest BCUT2D eigenvalue weighted by Gasteiger charge is 2.15. The van der Waals surface area contributed by atoms with Gasteiger partial charge in [0.05, 0.1) is 0 Å². The van der Waals surface area contributed by atoms with Gasteiger partial charge >= 0.3 is 0 Å². The molecule has 0 saturated heterocycles. The van der Waals surface area contributed by atoms with E-state index >= 15 is 0 Å². The molecule has 0 saturated carbocycles. The van der Waals surface area contributed by atoms with Crippen LogP contribution in [0.15, 0.2) is 14.9 Å². The molecule has 0 amide bonds. The van der Waals surface area contributed by atoms with Crippen LogP contribution in [0, 0.1) is 6.92 Å². The molecule has 5 nitrogen and oxygen atoms in total. The second-order valence-corrected chi connectivity index (χ2v) is 6.82. The molecule has 0 bridgehead atoms. The van der Waals surface area contributed by atoms with E-state index in [1.54, 1.807) is 17.3 Å². The lowest BCUT2D eigenvalue weighted by Gasteiger charge is -2.14. The topological polar surface area (TPSA) is 63.6 Å². The number of hydrogen-bond acceptors (Lipinski definition) is 7. The maximum Gasteiger partial charge on any atom is 0.180 e. The third-order valence-corrected chi connectivity index (χ3v) is 4.57. The van der Waals surface area contributed by atoms with Gasteiger partial charge in [-0.05, 0) is 25.1 Å². The Kier molecular flexibility index (Phi) is 5.31. The van der Waals surface area contributed by atoms with E-state index in [-0.39, 0.29) is 0 Å². The molecular weight excluding hydrogens is 290 g/mol. The molecule has 0 unspecified atom stereocenters. The summed E-state index contributed by atoms with van der Waals surface area (Å²) in [6.45, 7) is 9.31. The van der Waals surface area contributed by atoms with Crippen LogP contribution < -0.4 is 5.32 Å². The Balaban J connectivity index is 2.35. The summed E-state index contributed by atoms with van der Waals surface area (Å²) in [5.74, 6) is 2.09. The van der Waals surface area contributed by atoms with Crippen LogP contribution in [-0.4, -0.2) is 26.7 Å². The lowest BCUT2D eigenvalue weighted by molar-refractivity contribution is 0.747. The third-order valence-electron chi connectivity index (χ3n) is 2.70. The van der Waals surface area contributed by atoms with E-state index in [0.29, 0.717) is 5.92 Å². The molecule has 1 N–H and O–H groups in total. The van der Waals surface area contributed by atoms with Crippen LogP contribution in [0.2, 0.25) is 0 Å². The first-order chi connectivity index (χ1) is 9.61. The predicted molar refractivity (Wildman–Crippen MR) is 83.7 cm³/mol. The van der Waals surface area contributed by atoms with Crippen molar-refractivity contribution in [1.29, 1.82) is 0 Å². The van der Waals surface area contributed by atoms with E-state index in [4.69, 9.17) is 0 Å². The number of nitrogens with one attached hydrogen (secondary N) is 1. The Morgan fingerprint density at radius 2 is 2.15 bits per heavy atom. The molecule has 20 heavy (non-hydrogen) atoms. The van der Waals surface area contributed by atoms with Crippen molar-refractivity contribution in [2.75, 3.05) is 11.9 Å². The number of nitrogens with zero attached hydrogens (tertiary/aromatic N) is 4. The molecule has 7 heteroatoms. The Morgan fingerprint density at radius 3 is 2.75 bits per heavy atom. The van der Waals surface area contributed by atoms with Gasteiger partial charge in [-0.25, -0.2) is 9.97 Å². The van der Waals surface area contributed by atoms with E-state index in [1.807, 2.05) is 6.92 Å². The van der Waals surface area contributed by atoms with Crippen LogP contribution in [0.4, 0.5) is 5.82 Å². The number of aromatic nitrogens is 4. The number of hydrogen-bond donors (Lipinski definition) is 1. The summed E-state index contributed by atoms with van der Waals surface area (Å²) in [6.07, 6.45) is 1.07. The largest absolute Gasteiger partial charge is 0.370 e. The quantitative estimate of drug-likeness (QED) is 0.820. The first-order valence-corrected chi connectivity index (χ1v) is 8.37. The molecule has 0 fully saturated rings. The Labute approximate surface area is 127 Å². The molecule has 2 aromatic heterocycles. The standard InChI is InChI=1S/C13H19N5S2/c1-5-6-14-11-9(4)12(17-10(16-11)8(2)3)20-13-18-15-7-19-13/h7-8H,5-6H2,1-4H3,(H,14,16,17). The molecule has 0 aliphatic heterocycles. The van der Waals surface area contributed by atoms with Crippen molar-refractivity contribution in [3.05, 3.63) is 16.9 Å². The fourth-order valence-corrected chi connectivity index (χ4v) is 3.06. The normalized spacial score (nSPS) is 11.1. The van der Waals surface area contributed by atoms with Crippen molar-refractivity contribution >= 4 is 28.9 Å². The monoisotopic (exact) mass is 309 g/mol. The second kappa shape index (κ2) is 6.99. The molecule has 0 radical (unpaired) electrons. The first kappa shape index (κ1) is 15.2. The van der Waals surface area contributed by atoms with Crippen molar-refractivity contribution < 1.29 is 0 Å². The SMILES string of the molecule is CCCNc1nc(C(C)C)nc(Sc2nncs2)c1C. The molecule has 2 rings (SSSR count). The van der Waals surface area contributed by atoms with Gasteiger partial charge in [-0.15, -0.1) is 10.2 Å². The van der Waals surface area contributed by atoms with E-state index in [2.05, 4.69) is 46.3 Å². The lowest BCUT2D eigenvalue weighted by atomic mass is 10.2. The Bertz CT molecular complexity index is 554. The van der Waals surface area contributed by atoms with Crippen LogP contribution in [-0.2, 0) is 0 Å². The fraction of sp³-hybridized carbons (Fsp3) is 0.538. The zero-order valence-corrected chi connectivity index (χ0v) is 13.8. The third kappa shape index (κ3) is 3.67. The first-order valence-electron chi connectivity index (χ1n) is 6.68. The minimum Gasteiger partial charge on any atom is -0.370 e. The fourth-order valence-electron chi connectivity index (χ4n) is 1.58. The van der Waals surface area contributed by atoms with Crippen molar-refractivity contribution in [1.82, 2.24) is 20.2 Å². The van der Waals surface area contributed by atoms with Gasteiger partial charge in [0.1, 0.15) is 22.2 Å². The zero-order valence-electron chi connectivity index (χ0n) is 12.2. The molecular formula is C13H19N5S2. The average Bonchev–Trinajstić information content (AvgIpc) is 2.92. The maximum absolute atomic E-state index is 4.67. The molecule has 0 aromatic carbocycles.